The Balaban J connectivity index is 2.83. The summed E-state index contributed by atoms with van der Waals surface area (Å²) in [5, 5.41) is 11.4. The van der Waals surface area contributed by atoms with Gasteiger partial charge in [0.05, 0.1) is 23.6 Å². The maximum Gasteiger partial charge on any atom is 0.278 e. The standard InChI is InChI=1S/C20H31N3O6/c1-5-26-19(27-6-2)14-21-12-16-9-10-17(18(11-16)23(24)25)13-22-15-20(28-7-3)29-8-4/h9-13,19-20H,5-8,14-15H2,1-4H3. The molecule has 0 spiro atoms. The third kappa shape index (κ3) is 9.71. The van der Waals surface area contributed by atoms with Crippen LogP contribution in [0.4, 0.5) is 5.69 Å². The lowest BCUT2D eigenvalue weighted by Gasteiger charge is -2.14. The van der Waals surface area contributed by atoms with Crippen LogP contribution in [0.5, 0.6) is 0 Å². The highest BCUT2D eigenvalue weighted by Gasteiger charge is 2.13. The second-order valence-corrected chi connectivity index (χ2v) is 5.74. The summed E-state index contributed by atoms with van der Waals surface area (Å²) in [6, 6.07) is 4.85. The van der Waals surface area contributed by atoms with Crippen LogP contribution in [-0.2, 0) is 18.9 Å². The van der Waals surface area contributed by atoms with Crippen LogP contribution in [0, 0.1) is 10.1 Å². The normalized spacial score (nSPS) is 12.1. The molecule has 1 aromatic rings. The van der Waals surface area contributed by atoms with Crippen LogP contribution < -0.4 is 0 Å². The second-order valence-electron chi connectivity index (χ2n) is 5.74. The van der Waals surface area contributed by atoms with E-state index in [1.807, 2.05) is 27.7 Å². The van der Waals surface area contributed by atoms with Crippen molar-refractivity contribution in [1.29, 1.82) is 0 Å². The van der Waals surface area contributed by atoms with Crippen molar-refractivity contribution in [2.75, 3.05) is 39.5 Å². The lowest BCUT2D eigenvalue weighted by Crippen LogP contribution is -2.20. The maximum absolute atomic E-state index is 11.4. The first kappa shape index (κ1) is 24.8. The Bertz CT molecular complexity index is 654. The van der Waals surface area contributed by atoms with E-state index in [0.717, 1.165) is 0 Å². The lowest BCUT2D eigenvalue weighted by atomic mass is 10.1. The van der Waals surface area contributed by atoms with Gasteiger partial charge in [-0.3, -0.25) is 20.1 Å². The first-order valence-corrected chi connectivity index (χ1v) is 9.80. The van der Waals surface area contributed by atoms with Crippen molar-refractivity contribution >= 4 is 18.1 Å². The topological polar surface area (TPSA) is 105 Å². The van der Waals surface area contributed by atoms with Gasteiger partial charge < -0.3 is 18.9 Å². The van der Waals surface area contributed by atoms with E-state index in [0.29, 0.717) is 44.1 Å². The van der Waals surface area contributed by atoms with Gasteiger partial charge in [-0.05, 0) is 39.3 Å². The summed E-state index contributed by atoms with van der Waals surface area (Å²) in [7, 11) is 0. The lowest BCUT2D eigenvalue weighted by molar-refractivity contribution is -0.385. The third-order valence-electron chi connectivity index (χ3n) is 3.64. The fraction of sp³-hybridized carbons (Fsp3) is 0.600. The smallest absolute Gasteiger partial charge is 0.278 e. The van der Waals surface area contributed by atoms with Crippen molar-refractivity contribution in [3.05, 3.63) is 39.4 Å². The first-order valence-electron chi connectivity index (χ1n) is 9.80. The van der Waals surface area contributed by atoms with Gasteiger partial charge in [0.15, 0.2) is 12.6 Å². The molecule has 1 aromatic carbocycles. The molecule has 1 rings (SSSR count). The molecule has 0 heterocycles. The number of nitro groups is 1. The van der Waals surface area contributed by atoms with Gasteiger partial charge in [0.1, 0.15) is 0 Å². The SMILES string of the molecule is CCOC(CN=Cc1ccc(C=NCC(OCC)OCC)c([N+](=O)[O-])c1)OCC. The Morgan fingerprint density at radius 1 is 0.897 bits per heavy atom. The van der Waals surface area contributed by atoms with Crippen molar-refractivity contribution in [2.24, 2.45) is 9.98 Å². The molecule has 0 bridgehead atoms. The molecule has 0 saturated heterocycles. The Kier molecular flexibility index (Phi) is 12.6. The van der Waals surface area contributed by atoms with E-state index in [4.69, 9.17) is 18.9 Å². The Hall–Kier alpha value is -2.20. The predicted molar refractivity (Wildman–Crippen MR) is 112 cm³/mol. The molecule has 0 aliphatic carbocycles. The summed E-state index contributed by atoms with van der Waals surface area (Å²) in [4.78, 5) is 19.5. The number of benzene rings is 1. The molecule has 9 nitrogen and oxygen atoms in total. The van der Waals surface area contributed by atoms with Crippen molar-refractivity contribution in [3.8, 4) is 0 Å². The summed E-state index contributed by atoms with van der Waals surface area (Å²) in [6.07, 6.45) is 2.14. The van der Waals surface area contributed by atoms with E-state index in [-0.39, 0.29) is 12.2 Å². The molecule has 0 aliphatic rings. The molecule has 0 atom stereocenters. The van der Waals surface area contributed by atoms with E-state index in [2.05, 4.69) is 9.98 Å². The fourth-order valence-electron chi connectivity index (χ4n) is 2.44. The quantitative estimate of drug-likeness (QED) is 0.191. The van der Waals surface area contributed by atoms with Gasteiger partial charge in [0.25, 0.3) is 5.69 Å². The van der Waals surface area contributed by atoms with Crippen molar-refractivity contribution < 1.29 is 23.9 Å². The van der Waals surface area contributed by atoms with E-state index in [1.54, 1.807) is 18.3 Å². The summed E-state index contributed by atoms with van der Waals surface area (Å²) in [5.41, 5.74) is 0.968. The van der Waals surface area contributed by atoms with Gasteiger partial charge in [0.2, 0.25) is 0 Å². The first-order chi connectivity index (χ1) is 14.0. The van der Waals surface area contributed by atoms with Crippen LogP contribution in [0.3, 0.4) is 0 Å². The maximum atomic E-state index is 11.4. The molecule has 29 heavy (non-hydrogen) atoms. The zero-order valence-corrected chi connectivity index (χ0v) is 17.6. The molecule has 0 radical (unpaired) electrons. The minimum Gasteiger partial charge on any atom is -0.351 e. The minimum atomic E-state index is -0.463. The largest absolute Gasteiger partial charge is 0.351 e. The van der Waals surface area contributed by atoms with E-state index >= 15 is 0 Å². The monoisotopic (exact) mass is 409 g/mol. The molecule has 0 amide bonds. The average Bonchev–Trinajstić information content (AvgIpc) is 2.69. The summed E-state index contributed by atoms with van der Waals surface area (Å²) >= 11 is 0. The summed E-state index contributed by atoms with van der Waals surface area (Å²) in [6.45, 7) is 10.1. The highest BCUT2D eigenvalue weighted by molar-refractivity contribution is 5.89. The Morgan fingerprint density at radius 2 is 1.38 bits per heavy atom. The van der Waals surface area contributed by atoms with E-state index < -0.39 is 17.5 Å². The van der Waals surface area contributed by atoms with Gasteiger partial charge in [0, 0.05) is 44.9 Å². The summed E-state index contributed by atoms with van der Waals surface area (Å²) in [5.74, 6) is 0. The third-order valence-corrected chi connectivity index (χ3v) is 3.64. The predicted octanol–water partition coefficient (Wildman–Crippen LogP) is 3.23. The number of ether oxygens (including phenoxy) is 4. The van der Waals surface area contributed by atoms with Crippen LogP contribution >= 0.6 is 0 Å². The van der Waals surface area contributed by atoms with Gasteiger partial charge in [-0.1, -0.05) is 6.07 Å². The van der Waals surface area contributed by atoms with Gasteiger partial charge in [-0.25, -0.2) is 0 Å². The Morgan fingerprint density at radius 3 is 1.83 bits per heavy atom. The molecule has 0 fully saturated rings. The minimum absolute atomic E-state index is 0.0479. The molecular weight excluding hydrogens is 378 g/mol. The van der Waals surface area contributed by atoms with E-state index in [1.165, 1.54) is 12.3 Å². The molecule has 0 aliphatic heterocycles. The van der Waals surface area contributed by atoms with Crippen molar-refractivity contribution in [2.45, 2.75) is 40.3 Å². The molecule has 162 valence electrons. The average molecular weight is 409 g/mol. The molecule has 0 unspecified atom stereocenters. The Labute approximate surface area is 171 Å². The van der Waals surface area contributed by atoms with Crippen molar-refractivity contribution in [3.63, 3.8) is 0 Å². The molecule has 9 heteroatoms. The van der Waals surface area contributed by atoms with Crippen LogP contribution in [0.25, 0.3) is 0 Å². The van der Waals surface area contributed by atoms with Gasteiger partial charge in [-0.15, -0.1) is 0 Å². The molecule has 0 N–H and O–H groups in total. The number of rotatable bonds is 15. The van der Waals surface area contributed by atoms with Gasteiger partial charge in [-0.2, -0.15) is 0 Å². The highest BCUT2D eigenvalue weighted by Crippen LogP contribution is 2.18. The second kappa shape index (κ2) is 14.7. The van der Waals surface area contributed by atoms with Crippen LogP contribution in [0.1, 0.15) is 38.8 Å². The number of hydrogen-bond acceptors (Lipinski definition) is 8. The zero-order valence-electron chi connectivity index (χ0n) is 17.6. The summed E-state index contributed by atoms with van der Waals surface area (Å²) < 4.78 is 21.7. The van der Waals surface area contributed by atoms with Gasteiger partial charge >= 0.3 is 0 Å². The zero-order chi connectivity index (χ0) is 21.5. The molecule has 0 saturated carbocycles. The highest BCUT2D eigenvalue weighted by atomic mass is 16.7. The number of nitro benzene ring substituents is 1. The molecule has 0 aromatic heterocycles. The number of aliphatic imine (C=N–C) groups is 2. The van der Waals surface area contributed by atoms with Crippen LogP contribution in [0.2, 0.25) is 0 Å². The van der Waals surface area contributed by atoms with Crippen molar-refractivity contribution in [1.82, 2.24) is 0 Å². The fourth-order valence-corrected chi connectivity index (χ4v) is 2.44. The molecular formula is C20H31N3O6. The number of hydrogen-bond donors (Lipinski definition) is 0. The van der Waals surface area contributed by atoms with Crippen LogP contribution in [0.15, 0.2) is 28.2 Å². The van der Waals surface area contributed by atoms with E-state index in [9.17, 15) is 10.1 Å². The number of nitrogens with zero attached hydrogens (tertiary/aromatic N) is 3. The van der Waals surface area contributed by atoms with Crippen LogP contribution in [-0.4, -0.2) is 69.4 Å².